The quantitative estimate of drug-likeness (QED) is 0.921. The molecule has 88 valence electrons. The molecule has 1 aromatic heterocycles. The highest BCUT2D eigenvalue weighted by molar-refractivity contribution is 8.01. The summed E-state index contributed by atoms with van der Waals surface area (Å²) in [7, 11) is 0. The first-order valence-corrected chi connectivity index (χ1v) is 6.15. The maximum Gasteiger partial charge on any atom is 0.345 e. The van der Waals surface area contributed by atoms with Crippen molar-refractivity contribution in [2.45, 2.75) is 9.10 Å². The Hall–Kier alpha value is -1.40. The number of hydrogen-bond donors (Lipinski definition) is 1. The van der Waals surface area contributed by atoms with Crippen LogP contribution in [0.15, 0.2) is 39.4 Å². The van der Waals surface area contributed by atoms with Crippen LogP contribution < -0.4 is 0 Å². The molecule has 0 amide bonds. The van der Waals surface area contributed by atoms with Gasteiger partial charge in [0.1, 0.15) is 16.5 Å². The summed E-state index contributed by atoms with van der Waals surface area (Å²) in [6, 6.07) is 6.18. The van der Waals surface area contributed by atoms with Gasteiger partial charge >= 0.3 is 5.97 Å². The minimum Gasteiger partial charge on any atom is -0.477 e. The molecule has 2 nitrogen and oxygen atoms in total. The fourth-order valence-electron chi connectivity index (χ4n) is 1.15. The van der Waals surface area contributed by atoms with E-state index in [-0.39, 0.29) is 9.77 Å². The maximum absolute atomic E-state index is 13.3. The third-order valence-corrected chi connectivity index (χ3v) is 4.13. The van der Waals surface area contributed by atoms with Crippen LogP contribution in [0.4, 0.5) is 8.78 Å². The second-order valence-electron chi connectivity index (χ2n) is 3.10. The fourth-order valence-corrected chi connectivity index (χ4v) is 3.13. The SMILES string of the molecule is O=C(O)c1ccc(Sc2cc(F)ccc2F)s1. The largest absolute Gasteiger partial charge is 0.477 e. The van der Waals surface area contributed by atoms with E-state index in [1.54, 1.807) is 6.07 Å². The molecule has 0 aliphatic rings. The van der Waals surface area contributed by atoms with Gasteiger partial charge in [-0.1, -0.05) is 11.8 Å². The first-order chi connectivity index (χ1) is 8.06. The summed E-state index contributed by atoms with van der Waals surface area (Å²) >= 11 is 2.03. The van der Waals surface area contributed by atoms with Crippen LogP contribution in [-0.2, 0) is 0 Å². The highest BCUT2D eigenvalue weighted by Gasteiger charge is 2.10. The minimum atomic E-state index is -1.03. The van der Waals surface area contributed by atoms with Crippen molar-refractivity contribution in [3.63, 3.8) is 0 Å². The summed E-state index contributed by atoms with van der Waals surface area (Å²) in [4.78, 5) is 11.0. The van der Waals surface area contributed by atoms with Gasteiger partial charge in [0.25, 0.3) is 0 Å². The molecule has 0 unspecified atom stereocenters. The molecular formula is C11H6F2O2S2. The lowest BCUT2D eigenvalue weighted by Gasteiger charge is -2.00. The molecule has 1 N–H and O–H groups in total. The number of carboxylic acids is 1. The zero-order valence-corrected chi connectivity index (χ0v) is 9.95. The second-order valence-corrected chi connectivity index (χ2v) is 5.53. The predicted octanol–water partition coefficient (Wildman–Crippen LogP) is 3.88. The third-order valence-electron chi connectivity index (χ3n) is 1.90. The third kappa shape index (κ3) is 2.83. The molecule has 1 aromatic carbocycles. The van der Waals surface area contributed by atoms with Crippen molar-refractivity contribution in [3.8, 4) is 0 Å². The molecule has 0 aliphatic heterocycles. The van der Waals surface area contributed by atoms with Crippen molar-refractivity contribution in [1.82, 2.24) is 0 Å². The Bertz CT molecular complexity index is 566. The average Bonchev–Trinajstić information content (AvgIpc) is 2.72. The average molecular weight is 272 g/mol. The van der Waals surface area contributed by atoms with Gasteiger partial charge in [-0.2, -0.15) is 0 Å². The van der Waals surface area contributed by atoms with Crippen LogP contribution in [0.5, 0.6) is 0 Å². The summed E-state index contributed by atoms with van der Waals surface area (Å²) in [6.45, 7) is 0. The Morgan fingerprint density at radius 1 is 1.24 bits per heavy atom. The van der Waals surface area contributed by atoms with E-state index >= 15 is 0 Å². The van der Waals surface area contributed by atoms with Gasteiger partial charge in [0.15, 0.2) is 0 Å². The summed E-state index contributed by atoms with van der Waals surface area (Å²) in [5, 5.41) is 8.73. The maximum atomic E-state index is 13.3. The topological polar surface area (TPSA) is 37.3 Å². The normalized spacial score (nSPS) is 10.5. The van der Waals surface area contributed by atoms with Crippen LogP contribution in [0, 0.1) is 11.6 Å². The minimum absolute atomic E-state index is 0.142. The number of halogens is 2. The molecule has 0 saturated heterocycles. The zero-order valence-electron chi connectivity index (χ0n) is 8.31. The number of carbonyl (C=O) groups is 1. The summed E-state index contributed by atoms with van der Waals surface area (Å²) in [5.74, 6) is -2.08. The Morgan fingerprint density at radius 2 is 2.00 bits per heavy atom. The number of aromatic carboxylic acids is 1. The predicted molar refractivity (Wildman–Crippen MR) is 61.8 cm³/mol. The van der Waals surface area contributed by atoms with E-state index in [9.17, 15) is 13.6 Å². The highest BCUT2D eigenvalue weighted by atomic mass is 32.2. The van der Waals surface area contributed by atoms with E-state index in [1.165, 1.54) is 6.07 Å². The van der Waals surface area contributed by atoms with Crippen molar-refractivity contribution in [2.24, 2.45) is 0 Å². The Morgan fingerprint density at radius 3 is 2.65 bits per heavy atom. The second kappa shape index (κ2) is 4.85. The lowest BCUT2D eigenvalue weighted by atomic mass is 10.3. The number of rotatable bonds is 3. The molecule has 0 radical (unpaired) electrons. The van der Waals surface area contributed by atoms with E-state index < -0.39 is 17.6 Å². The zero-order chi connectivity index (χ0) is 12.4. The molecule has 2 rings (SSSR count). The van der Waals surface area contributed by atoms with E-state index in [2.05, 4.69) is 0 Å². The van der Waals surface area contributed by atoms with Gasteiger partial charge in [-0.3, -0.25) is 0 Å². The Balaban J connectivity index is 2.25. The smallest absolute Gasteiger partial charge is 0.345 e. The van der Waals surface area contributed by atoms with Crippen molar-refractivity contribution in [2.75, 3.05) is 0 Å². The lowest BCUT2D eigenvalue weighted by molar-refractivity contribution is 0.0702. The molecule has 0 saturated carbocycles. The van der Waals surface area contributed by atoms with E-state index in [4.69, 9.17) is 5.11 Å². The van der Waals surface area contributed by atoms with Crippen LogP contribution in [0.25, 0.3) is 0 Å². The summed E-state index contributed by atoms with van der Waals surface area (Å²) in [5.41, 5.74) is 0. The van der Waals surface area contributed by atoms with E-state index in [0.717, 1.165) is 41.3 Å². The fraction of sp³-hybridized carbons (Fsp3) is 0. The monoisotopic (exact) mass is 272 g/mol. The van der Waals surface area contributed by atoms with Crippen LogP contribution in [0.1, 0.15) is 9.67 Å². The van der Waals surface area contributed by atoms with Crippen molar-refractivity contribution in [3.05, 3.63) is 46.8 Å². The molecule has 6 heteroatoms. The van der Waals surface area contributed by atoms with Gasteiger partial charge in [0.05, 0.1) is 9.10 Å². The molecular weight excluding hydrogens is 266 g/mol. The van der Waals surface area contributed by atoms with Crippen molar-refractivity contribution >= 4 is 29.1 Å². The molecule has 0 atom stereocenters. The molecule has 0 bridgehead atoms. The van der Waals surface area contributed by atoms with Gasteiger partial charge in [-0.15, -0.1) is 11.3 Å². The Labute approximate surface area is 104 Å². The van der Waals surface area contributed by atoms with Crippen molar-refractivity contribution < 1.29 is 18.7 Å². The van der Waals surface area contributed by atoms with Gasteiger partial charge in [0, 0.05) is 0 Å². The van der Waals surface area contributed by atoms with Gasteiger partial charge in [0.2, 0.25) is 0 Å². The van der Waals surface area contributed by atoms with E-state index in [1.807, 2.05) is 0 Å². The molecule has 0 aliphatic carbocycles. The van der Waals surface area contributed by atoms with Crippen LogP contribution in [-0.4, -0.2) is 11.1 Å². The van der Waals surface area contributed by atoms with Gasteiger partial charge in [-0.25, -0.2) is 13.6 Å². The lowest BCUT2D eigenvalue weighted by Crippen LogP contribution is -1.89. The number of benzene rings is 1. The number of thiophene rings is 1. The van der Waals surface area contributed by atoms with Gasteiger partial charge < -0.3 is 5.11 Å². The molecule has 17 heavy (non-hydrogen) atoms. The van der Waals surface area contributed by atoms with Crippen LogP contribution in [0.3, 0.4) is 0 Å². The Kier molecular flexibility index (Phi) is 3.44. The van der Waals surface area contributed by atoms with Crippen molar-refractivity contribution in [1.29, 1.82) is 0 Å². The molecule has 0 spiro atoms. The highest BCUT2D eigenvalue weighted by Crippen LogP contribution is 2.35. The molecule has 1 heterocycles. The number of carboxylic acid groups (broad SMARTS) is 1. The van der Waals surface area contributed by atoms with Crippen LogP contribution in [0.2, 0.25) is 0 Å². The molecule has 2 aromatic rings. The first kappa shape index (κ1) is 12.1. The van der Waals surface area contributed by atoms with Gasteiger partial charge in [-0.05, 0) is 30.3 Å². The first-order valence-electron chi connectivity index (χ1n) is 4.52. The summed E-state index contributed by atoms with van der Waals surface area (Å²) in [6.07, 6.45) is 0. The van der Waals surface area contributed by atoms with E-state index in [0.29, 0.717) is 4.21 Å². The standard InChI is InChI=1S/C11H6F2O2S2/c12-6-1-2-7(13)9(5-6)17-10-4-3-8(16-10)11(14)15/h1-5H,(H,14,15). The van der Waals surface area contributed by atoms with Crippen LogP contribution >= 0.6 is 23.1 Å². The number of hydrogen-bond acceptors (Lipinski definition) is 3. The summed E-state index contributed by atoms with van der Waals surface area (Å²) < 4.78 is 26.8. The molecule has 0 fully saturated rings.